The van der Waals surface area contributed by atoms with Crippen molar-refractivity contribution in [3.05, 3.63) is 53.6 Å². The van der Waals surface area contributed by atoms with E-state index in [1.54, 1.807) is 19.2 Å². The Morgan fingerprint density at radius 2 is 1.71 bits per heavy atom. The number of nitrogens with one attached hydrogen (secondary N) is 2. The summed E-state index contributed by atoms with van der Waals surface area (Å²) in [7, 11) is -0.479. The van der Waals surface area contributed by atoms with Crippen molar-refractivity contribution in [2.24, 2.45) is 0 Å². The zero-order valence-electron chi connectivity index (χ0n) is 18.1. The van der Waals surface area contributed by atoms with Crippen molar-refractivity contribution in [1.29, 1.82) is 0 Å². The maximum atomic E-state index is 12.2. The number of hydrogen-bond acceptors (Lipinski definition) is 6. The van der Waals surface area contributed by atoms with Gasteiger partial charge < -0.3 is 19.5 Å². The molecule has 2 aromatic carbocycles. The number of rotatable bonds is 13. The van der Waals surface area contributed by atoms with E-state index in [9.17, 15) is 13.2 Å². The normalized spacial score (nSPS) is 11.2. The Bertz CT molecular complexity index is 945. The minimum Gasteiger partial charge on any atom is -0.493 e. The van der Waals surface area contributed by atoms with Gasteiger partial charge in [0.25, 0.3) is 0 Å². The summed E-state index contributed by atoms with van der Waals surface area (Å²) in [6, 6.07) is 12.0. The molecule has 0 saturated carbocycles. The van der Waals surface area contributed by atoms with Gasteiger partial charge in [0.15, 0.2) is 11.5 Å². The van der Waals surface area contributed by atoms with Crippen molar-refractivity contribution in [2.75, 3.05) is 34.0 Å². The van der Waals surface area contributed by atoms with Crippen LogP contribution in [0.4, 0.5) is 0 Å². The molecule has 0 bridgehead atoms. The molecule has 0 atom stereocenters. The summed E-state index contributed by atoms with van der Waals surface area (Å²) in [5.41, 5.74) is 1.79. The highest BCUT2D eigenvalue weighted by Gasteiger charge is 2.13. The summed E-state index contributed by atoms with van der Waals surface area (Å²) in [6.45, 7) is 3.28. The summed E-state index contributed by atoms with van der Waals surface area (Å²) in [5, 5.41) is 2.85. The second-order valence-electron chi connectivity index (χ2n) is 6.73. The highest BCUT2D eigenvalue weighted by molar-refractivity contribution is 7.89. The van der Waals surface area contributed by atoms with Gasteiger partial charge in [0.1, 0.15) is 0 Å². The fourth-order valence-electron chi connectivity index (χ4n) is 2.84. The van der Waals surface area contributed by atoms with Crippen LogP contribution in [0.15, 0.2) is 47.4 Å². The lowest BCUT2D eigenvalue weighted by atomic mass is 10.1. The molecule has 9 heteroatoms. The fourth-order valence-corrected chi connectivity index (χ4v) is 3.85. The van der Waals surface area contributed by atoms with E-state index in [0.717, 1.165) is 11.1 Å². The Labute approximate surface area is 184 Å². The molecule has 2 N–H and O–H groups in total. The van der Waals surface area contributed by atoms with Crippen LogP contribution in [0.25, 0.3) is 0 Å². The Balaban J connectivity index is 1.83. The van der Waals surface area contributed by atoms with Crippen molar-refractivity contribution >= 4 is 15.9 Å². The molecule has 170 valence electrons. The topological polar surface area (TPSA) is 103 Å². The van der Waals surface area contributed by atoms with Gasteiger partial charge in [-0.25, -0.2) is 13.1 Å². The first-order valence-electron chi connectivity index (χ1n) is 10.0. The van der Waals surface area contributed by atoms with Crippen LogP contribution in [0.1, 0.15) is 24.5 Å². The molecule has 2 rings (SSSR count). The first kappa shape index (κ1) is 24.6. The molecule has 31 heavy (non-hydrogen) atoms. The van der Waals surface area contributed by atoms with Gasteiger partial charge in [-0.2, -0.15) is 0 Å². The molecule has 0 saturated heterocycles. The van der Waals surface area contributed by atoms with Crippen LogP contribution in [-0.2, 0) is 32.5 Å². The largest absolute Gasteiger partial charge is 0.493 e. The third-order valence-electron chi connectivity index (χ3n) is 4.49. The van der Waals surface area contributed by atoms with Crippen molar-refractivity contribution in [3.63, 3.8) is 0 Å². The Hall–Kier alpha value is -2.62. The standard InChI is InChI=1S/C22H30N2O6S/c1-4-30-20-11-7-17(15-21(20)29-3)8-12-22(25)23-16-18-5-9-19(10-6-18)31(26,27)24-13-14-28-2/h5-7,9-11,15,24H,4,8,12-14,16H2,1-3H3,(H,23,25). The van der Waals surface area contributed by atoms with E-state index in [0.29, 0.717) is 44.1 Å². The number of sulfonamides is 1. The van der Waals surface area contributed by atoms with Crippen LogP contribution in [0.3, 0.4) is 0 Å². The molecule has 8 nitrogen and oxygen atoms in total. The first-order valence-corrected chi connectivity index (χ1v) is 11.5. The van der Waals surface area contributed by atoms with Gasteiger partial charge in [0.2, 0.25) is 15.9 Å². The number of carbonyl (C=O) groups excluding carboxylic acids is 1. The van der Waals surface area contributed by atoms with E-state index in [1.807, 2.05) is 25.1 Å². The molecule has 0 aliphatic heterocycles. The average molecular weight is 451 g/mol. The van der Waals surface area contributed by atoms with Gasteiger partial charge in [0, 0.05) is 26.6 Å². The Kier molecular flexibility index (Phi) is 9.77. The summed E-state index contributed by atoms with van der Waals surface area (Å²) >= 11 is 0. The van der Waals surface area contributed by atoms with Gasteiger partial charge in [-0.15, -0.1) is 0 Å². The van der Waals surface area contributed by atoms with Crippen LogP contribution in [0.5, 0.6) is 11.5 Å². The quantitative estimate of drug-likeness (QED) is 0.454. The van der Waals surface area contributed by atoms with Crippen LogP contribution < -0.4 is 19.5 Å². The average Bonchev–Trinajstić information content (AvgIpc) is 2.77. The maximum Gasteiger partial charge on any atom is 0.240 e. The highest BCUT2D eigenvalue weighted by atomic mass is 32.2. The molecule has 0 unspecified atom stereocenters. The van der Waals surface area contributed by atoms with Crippen LogP contribution in [-0.4, -0.2) is 48.3 Å². The monoisotopic (exact) mass is 450 g/mol. The molecule has 0 radical (unpaired) electrons. The summed E-state index contributed by atoms with van der Waals surface area (Å²) < 4.78 is 42.4. The molecule has 0 aliphatic carbocycles. The molecular formula is C22H30N2O6S. The zero-order valence-corrected chi connectivity index (χ0v) is 19.0. The molecular weight excluding hydrogens is 420 g/mol. The van der Waals surface area contributed by atoms with Crippen molar-refractivity contribution in [3.8, 4) is 11.5 Å². The van der Waals surface area contributed by atoms with E-state index in [1.165, 1.54) is 19.2 Å². The third-order valence-corrected chi connectivity index (χ3v) is 5.97. The molecule has 0 spiro atoms. The number of amides is 1. The number of benzene rings is 2. The van der Waals surface area contributed by atoms with Gasteiger partial charge in [-0.05, 0) is 48.7 Å². The zero-order chi connectivity index (χ0) is 22.7. The van der Waals surface area contributed by atoms with E-state index in [4.69, 9.17) is 14.2 Å². The van der Waals surface area contributed by atoms with Crippen LogP contribution in [0.2, 0.25) is 0 Å². The smallest absolute Gasteiger partial charge is 0.240 e. The number of methoxy groups -OCH3 is 2. The van der Waals surface area contributed by atoms with E-state index in [-0.39, 0.29) is 17.3 Å². The van der Waals surface area contributed by atoms with Crippen molar-refractivity contribution in [2.45, 2.75) is 31.2 Å². The van der Waals surface area contributed by atoms with Gasteiger partial charge in [-0.1, -0.05) is 18.2 Å². The SMILES string of the molecule is CCOc1ccc(CCC(=O)NCc2ccc(S(=O)(=O)NCCOC)cc2)cc1OC. The van der Waals surface area contributed by atoms with E-state index >= 15 is 0 Å². The number of hydrogen-bond donors (Lipinski definition) is 2. The first-order chi connectivity index (χ1) is 14.9. The minimum atomic E-state index is -3.57. The van der Waals surface area contributed by atoms with Crippen LogP contribution >= 0.6 is 0 Å². The molecule has 0 aromatic heterocycles. The molecule has 1 amide bonds. The molecule has 2 aromatic rings. The lowest BCUT2D eigenvalue weighted by Gasteiger charge is -2.11. The Morgan fingerprint density at radius 3 is 2.35 bits per heavy atom. The van der Waals surface area contributed by atoms with Crippen molar-refractivity contribution < 1.29 is 27.4 Å². The predicted octanol–water partition coefficient (Wildman–Crippen LogP) is 2.27. The number of aryl methyl sites for hydroxylation is 1. The second-order valence-corrected chi connectivity index (χ2v) is 8.50. The summed E-state index contributed by atoms with van der Waals surface area (Å²) in [4.78, 5) is 12.4. The number of ether oxygens (including phenoxy) is 3. The fraction of sp³-hybridized carbons (Fsp3) is 0.409. The van der Waals surface area contributed by atoms with Gasteiger partial charge in [0.05, 0.1) is 25.2 Å². The lowest BCUT2D eigenvalue weighted by molar-refractivity contribution is -0.121. The number of carbonyl (C=O) groups is 1. The molecule has 0 heterocycles. The van der Waals surface area contributed by atoms with E-state index in [2.05, 4.69) is 10.0 Å². The summed E-state index contributed by atoms with van der Waals surface area (Å²) in [5.74, 6) is 1.23. The highest BCUT2D eigenvalue weighted by Crippen LogP contribution is 2.28. The summed E-state index contributed by atoms with van der Waals surface area (Å²) in [6.07, 6.45) is 0.895. The molecule has 0 aliphatic rings. The van der Waals surface area contributed by atoms with Crippen molar-refractivity contribution in [1.82, 2.24) is 10.0 Å². The predicted molar refractivity (Wildman–Crippen MR) is 118 cm³/mol. The molecule has 0 fully saturated rings. The minimum absolute atomic E-state index is 0.0919. The van der Waals surface area contributed by atoms with E-state index < -0.39 is 10.0 Å². The second kappa shape index (κ2) is 12.3. The van der Waals surface area contributed by atoms with Crippen LogP contribution in [0, 0.1) is 0 Å². The van der Waals surface area contributed by atoms with Gasteiger partial charge in [-0.3, -0.25) is 4.79 Å². The third kappa shape index (κ3) is 7.86. The maximum absolute atomic E-state index is 12.2. The lowest BCUT2D eigenvalue weighted by Crippen LogP contribution is -2.27. The van der Waals surface area contributed by atoms with Gasteiger partial charge >= 0.3 is 0 Å². The Morgan fingerprint density at radius 1 is 1.00 bits per heavy atom.